The Kier molecular flexibility index (Phi) is 18.1. The first kappa shape index (κ1) is 61.5. The Morgan fingerprint density at radius 2 is 1.53 bits per heavy atom. The summed E-state index contributed by atoms with van der Waals surface area (Å²) in [6, 6.07) is 8.61. The van der Waals surface area contributed by atoms with E-state index in [4.69, 9.17) is 25.3 Å². The van der Waals surface area contributed by atoms with Crippen LogP contribution < -0.4 is 41.6 Å². The number of anilines is 3. The van der Waals surface area contributed by atoms with Gasteiger partial charge in [0.05, 0.1) is 25.2 Å². The van der Waals surface area contributed by atoms with Crippen LogP contribution in [0.5, 0.6) is 11.5 Å². The Morgan fingerprint density at radius 1 is 0.830 bits per heavy atom. The molecule has 6 aliphatic heterocycles. The van der Waals surface area contributed by atoms with Crippen LogP contribution in [0.15, 0.2) is 62.7 Å². The molecule has 4 fully saturated rings. The third-order valence-corrected chi connectivity index (χ3v) is 19.8. The number of nitrogens with two attached hydrogens (primary N) is 1. The van der Waals surface area contributed by atoms with Gasteiger partial charge in [0.25, 0.3) is 17.9 Å². The van der Waals surface area contributed by atoms with Crippen LogP contribution in [0.25, 0.3) is 16.5 Å². The van der Waals surface area contributed by atoms with Crippen molar-refractivity contribution < 1.29 is 37.4 Å². The lowest BCUT2D eigenvalue weighted by molar-refractivity contribution is -0.141. The van der Waals surface area contributed by atoms with Gasteiger partial charge >= 0.3 is 6.03 Å². The van der Waals surface area contributed by atoms with Gasteiger partial charge in [-0.1, -0.05) is 0 Å². The minimum absolute atomic E-state index is 0.0219. The number of guanidine groups is 1. The van der Waals surface area contributed by atoms with Gasteiger partial charge in [0, 0.05) is 170 Å². The minimum Gasteiger partial charge on any atom is -0.494 e. The molecule has 7 aliphatic rings. The van der Waals surface area contributed by atoms with Gasteiger partial charge in [0.1, 0.15) is 11.6 Å². The fraction of sp³-hybridized carbons (Fsp3) is 0.562. The fourth-order valence-corrected chi connectivity index (χ4v) is 14.8. The molecule has 5 amide bonds. The molecule has 0 bridgehead atoms. The van der Waals surface area contributed by atoms with Gasteiger partial charge in [0.2, 0.25) is 17.8 Å². The van der Waals surface area contributed by atoms with E-state index in [2.05, 4.69) is 50.1 Å². The molecular formula is C64H85F2N15O7. The number of benzene rings is 2. The van der Waals surface area contributed by atoms with Crippen LogP contribution in [-0.4, -0.2) is 176 Å². The number of rotatable bonds is 13. The predicted molar refractivity (Wildman–Crippen MR) is 335 cm³/mol. The summed E-state index contributed by atoms with van der Waals surface area (Å²) in [6.07, 6.45) is 10.7. The van der Waals surface area contributed by atoms with Gasteiger partial charge in [-0.3, -0.25) is 28.9 Å². The number of alkyl halides is 2. The molecule has 11 rings (SSSR count). The highest BCUT2D eigenvalue weighted by Crippen LogP contribution is 2.48. The van der Waals surface area contributed by atoms with Crippen LogP contribution in [0.3, 0.4) is 0 Å². The molecule has 0 radical (unpaired) electrons. The van der Waals surface area contributed by atoms with E-state index in [0.29, 0.717) is 116 Å². The smallest absolute Gasteiger partial charge is 0.317 e. The Morgan fingerprint density at radius 3 is 2.19 bits per heavy atom. The second-order valence-electron chi connectivity index (χ2n) is 24.9. The Hall–Kier alpha value is -8.18. The average molecular weight is 1210 g/mol. The summed E-state index contributed by atoms with van der Waals surface area (Å²) in [5.74, 6) is 2.83. The molecule has 3 saturated heterocycles. The Labute approximate surface area is 512 Å². The van der Waals surface area contributed by atoms with Crippen LogP contribution in [-0.2, 0) is 40.8 Å². The molecule has 4 aromatic rings. The largest absolute Gasteiger partial charge is 0.494 e. The zero-order valence-electron chi connectivity index (χ0n) is 51.9. The summed E-state index contributed by atoms with van der Waals surface area (Å²) in [6.45, 7) is 7.99. The van der Waals surface area contributed by atoms with E-state index in [0.717, 1.165) is 112 Å². The highest BCUT2D eigenvalue weighted by atomic mass is 19.3. The summed E-state index contributed by atoms with van der Waals surface area (Å²) in [7, 11) is 9.95. The number of nitrogens with zero attached hydrogens (tertiary/aromatic N) is 11. The highest BCUT2D eigenvalue weighted by molar-refractivity contribution is 6.10. The van der Waals surface area contributed by atoms with Crippen molar-refractivity contribution in [2.75, 3.05) is 111 Å². The molecule has 1 aliphatic carbocycles. The number of nitrogens with one attached hydrogen (secondary N) is 3. The van der Waals surface area contributed by atoms with E-state index in [1.807, 2.05) is 32.2 Å². The van der Waals surface area contributed by atoms with Gasteiger partial charge in [-0.15, -0.1) is 0 Å². The van der Waals surface area contributed by atoms with Gasteiger partial charge in [-0.05, 0) is 130 Å². The van der Waals surface area contributed by atoms with Crippen molar-refractivity contribution in [2.45, 2.75) is 109 Å². The van der Waals surface area contributed by atoms with Crippen molar-refractivity contribution in [3.05, 3.63) is 86.2 Å². The number of aryl methyl sites for hydroxylation is 2. The quantitative estimate of drug-likeness (QED) is 0.0999. The number of likely N-dealkylation sites (tertiary alicyclic amines) is 3. The predicted octanol–water partition coefficient (Wildman–Crippen LogP) is 6.91. The summed E-state index contributed by atoms with van der Waals surface area (Å²) in [5, 5.41) is 14.8. The number of methoxy groups -OCH3 is 1. The number of hydrogen-bond acceptors (Lipinski definition) is 15. The Bertz CT molecular complexity index is 3520. The number of carbonyl (C=O) groups is 4. The number of allylic oxidation sites excluding steroid dienone is 1. The Balaban J connectivity index is 0.676. The first-order chi connectivity index (χ1) is 42.4. The zero-order valence-corrected chi connectivity index (χ0v) is 51.9. The number of piperidine rings is 3. The number of fused-ring (bicyclic) bond motifs is 3. The number of amides is 5. The van der Waals surface area contributed by atoms with Crippen molar-refractivity contribution in [3.8, 4) is 11.5 Å². The first-order valence-corrected chi connectivity index (χ1v) is 31.2. The second kappa shape index (κ2) is 25.9. The maximum absolute atomic E-state index is 14.9. The van der Waals surface area contributed by atoms with E-state index in [1.165, 1.54) is 24.0 Å². The molecule has 2 aromatic carbocycles. The van der Waals surface area contributed by atoms with E-state index in [-0.39, 0.29) is 70.5 Å². The normalized spacial score (nSPS) is 19.8. The third kappa shape index (κ3) is 12.1. The summed E-state index contributed by atoms with van der Waals surface area (Å²) in [4.78, 5) is 88.3. The summed E-state index contributed by atoms with van der Waals surface area (Å²) in [5.41, 5.74) is 12.3. The molecule has 1 spiro atoms. The lowest BCUT2D eigenvalue weighted by atomic mass is 9.65. The maximum Gasteiger partial charge on any atom is 0.317 e. The van der Waals surface area contributed by atoms with Crippen LogP contribution in [0, 0.1) is 17.3 Å². The molecule has 1 saturated carbocycles. The summed E-state index contributed by atoms with van der Waals surface area (Å²) >= 11 is 0. The number of urea groups is 1. The van der Waals surface area contributed by atoms with Crippen molar-refractivity contribution >= 4 is 69.6 Å². The maximum atomic E-state index is 14.9. The van der Waals surface area contributed by atoms with Crippen molar-refractivity contribution in [1.82, 2.24) is 49.5 Å². The molecule has 88 heavy (non-hydrogen) atoms. The minimum atomic E-state index is -2.75. The van der Waals surface area contributed by atoms with Crippen molar-refractivity contribution in [3.63, 3.8) is 0 Å². The second-order valence-corrected chi connectivity index (χ2v) is 24.9. The molecule has 8 heterocycles. The highest BCUT2D eigenvalue weighted by Gasteiger charge is 2.44. The molecule has 472 valence electrons. The number of aromatic nitrogens is 3. The van der Waals surface area contributed by atoms with Crippen LogP contribution in [0.4, 0.5) is 30.8 Å². The first-order valence-electron chi connectivity index (χ1n) is 31.2. The van der Waals surface area contributed by atoms with Crippen LogP contribution in [0.1, 0.15) is 118 Å². The van der Waals surface area contributed by atoms with Crippen LogP contribution >= 0.6 is 0 Å². The molecule has 24 heteroatoms. The van der Waals surface area contributed by atoms with Gasteiger partial charge in [-0.2, -0.15) is 10.1 Å². The zero-order chi connectivity index (χ0) is 62.1. The lowest BCUT2D eigenvalue weighted by Crippen LogP contribution is -2.52. The molecule has 0 unspecified atom stereocenters. The average Bonchev–Trinajstić information content (AvgIpc) is 2.03. The monoisotopic (exact) mass is 1210 g/mol. The number of likely N-dealkylation sites (N-methyl/N-ethyl adjacent to an activating group) is 2. The molecule has 5 N–H and O–H groups in total. The molecule has 22 nitrogen and oxygen atoms in total. The van der Waals surface area contributed by atoms with Crippen LogP contribution in [0.2, 0.25) is 0 Å². The number of pyridine rings is 1. The number of carbonyl (C=O) groups excluding carboxylic acids is 4. The fourth-order valence-electron chi connectivity index (χ4n) is 14.8. The van der Waals surface area contributed by atoms with Gasteiger partial charge in [-0.25, -0.2) is 13.6 Å². The topological polar surface area (TPSA) is 233 Å². The van der Waals surface area contributed by atoms with Crippen molar-refractivity contribution in [2.24, 2.45) is 40.0 Å². The number of aliphatic imine (C=N–C) groups is 2. The summed E-state index contributed by atoms with van der Waals surface area (Å²) < 4.78 is 44.7. The molecule has 2 aromatic heterocycles. The van der Waals surface area contributed by atoms with E-state index in [9.17, 15) is 32.8 Å². The SMILES string of the molecule is CN=CC(=CN)c1cc2c(cc1C(F)F)N(c1nn(C3CCN(C(=O)C4CCC5(CC4)CCN(C(=O)C4CCN(C6=NC(Nc7cc(OC)c8c(c7)cc(OCC(=O)NC)c(=O)n8C)=C(C)CN6C)CC4)CC5)CC3)c3c1CN(C(=O)NC)CC3)CCC2. The molecule has 0 atom stereocenters. The number of ether oxygens (including phenoxy) is 2. The standard InChI is InChI=1S/C64H85F2N15O7/c1-39-36-74(5)62(72-57(39)71-45-29-43-31-53(88-38-54(82)69-3)61(85)75(6)55(43)52(32-45)87-7)78-22-12-41(13-23-78)60(84)77-27-19-64(20-28-77)17-10-40(11-18-64)59(83)76-24-14-46(15-25-76)81-50-16-26-79(63(86)70-4)37-49(50)58(73-81)80-21-8-9-42-30-47(44(34-67)35-68-2)48(56(65)66)33-51(42)80/h29-35,40-41,46,56,71H,8-28,36-38,67H2,1-7H3,(H,69,82)(H,70,86). The lowest BCUT2D eigenvalue weighted by Gasteiger charge is -2.47. The van der Waals surface area contributed by atoms with E-state index >= 15 is 0 Å². The molecular weight excluding hydrogens is 1130 g/mol. The van der Waals surface area contributed by atoms with E-state index < -0.39 is 6.43 Å². The number of hydrogen-bond donors (Lipinski definition) is 4. The van der Waals surface area contributed by atoms with Gasteiger partial charge < -0.3 is 65.1 Å². The third-order valence-electron chi connectivity index (χ3n) is 19.8. The van der Waals surface area contributed by atoms with Gasteiger partial charge in [0.15, 0.2) is 18.2 Å². The van der Waals surface area contributed by atoms with Crippen molar-refractivity contribution in [1.29, 1.82) is 0 Å². The van der Waals surface area contributed by atoms with E-state index in [1.54, 1.807) is 45.3 Å². The number of halogens is 2.